The Bertz CT molecular complexity index is 1170. The van der Waals surface area contributed by atoms with Crippen molar-refractivity contribution in [3.05, 3.63) is 66.2 Å². The number of fused-ring (bicyclic) bond motifs is 1. The van der Waals surface area contributed by atoms with Crippen LogP contribution in [0, 0.1) is 0 Å². The van der Waals surface area contributed by atoms with E-state index >= 15 is 0 Å². The number of hydrogen-bond acceptors (Lipinski definition) is 6. The molecule has 3 heterocycles. The second-order valence-corrected chi connectivity index (χ2v) is 6.70. The lowest BCUT2D eigenvalue weighted by Gasteiger charge is -2.09. The molecule has 0 amide bonds. The SMILES string of the molecule is CSc1ccccc1N.O=C(O)c1cc2nc(-c3ccco3)cc(C(F)(F)F)n2n1. The van der Waals surface area contributed by atoms with Crippen molar-refractivity contribution in [1.29, 1.82) is 0 Å². The van der Waals surface area contributed by atoms with Gasteiger partial charge in [0.1, 0.15) is 5.69 Å². The van der Waals surface area contributed by atoms with Crippen LogP contribution in [0.15, 0.2) is 64.1 Å². The summed E-state index contributed by atoms with van der Waals surface area (Å²) in [5, 5.41) is 12.2. The molecule has 156 valence electrons. The number of aromatic nitrogens is 3. The molecule has 0 radical (unpaired) electrons. The van der Waals surface area contributed by atoms with Crippen molar-refractivity contribution < 1.29 is 27.5 Å². The number of nitrogens with two attached hydrogens (primary N) is 1. The minimum atomic E-state index is -4.72. The number of carboxylic acids is 1. The molecule has 0 aliphatic rings. The Morgan fingerprint density at radius 2 is 1.93 bits per heavy atom. The van der Waals surface area contributed by atoms with Gasteiger partial charge < -0.3 is 15.3 Å². The van der Waals surface area contributed by atoms with Crippen molar-refractivity contribution in [2.75, 3.05) is 12.0 Å². The van der Waals surface area contributed by atoms with Gasteiger partial charge in [-0.25, -0.2) is 14.3 Å². The lowest BCUT2D eigenvalue weighted by atomic mass is 10.2. The maximum Gasteiger partial charge on any atom is 0.433 e. The van der Waals surface area contributed by atoms with E-state index in [9.17, 15) is 18.0 Å². The molecule has 0 aliphatic carbocycles. The number of hydrogen-bond donors (Lipinski definition) is 2. The van der Waals surface area contributed by atoms with Gasteiger partial charge in [-0.1, -0.05) is 12.1 Å². The van der Waals surface area contributed by atoms with Gasteiger partial charge in [0.05, 0.1) is 6.26 Å². The quantitative estimate of drug-likeness (QED) is 0.354. The zero-order valence-corrected chi connectivity index (χ0v) is 16.2. The topological polar surface area (TPSA) is 107 Å². The van der Waals surface area contributed by atoms with Crippen LogP contribution in [0.3, 0.4) is 0 Å². The summed E-state index contributed by atoms with van der Waals surface area (Å²) < 4.78 is 44.7. The lowest BCUT2D eigenvalue weighted by molar-refractivity contribution is -0.142. The molecule has 0 unspecified atom stereocenters. The number of furan rings is 1. The maximum atomic E-state index is 13.1. The highest BCUT2D eigenvalue weighted by molar-refractivity contribution is 7.98. The molecule has 4 aromatic rings. The first-order chi connectivity index (χ1) is 14.2. The fourth-order valence-electron chi connectivity index (χ4n) is 2.50. The van der Waals surface area contributed by atoms with Gasteiger partial charge in [-0.15, -0.1) is 11.8 Å². The zero-order valence-electron chi connectivity index (χ0n) is 15.4. The van der Waals surface area contributed by atoms with Crippen molar-refractivity contribution in [3.63, 3.8) is 0 Å². The smallest absolute Gasteiger partial charge is 0.433 e. The zero-order chi connectivity index (χ0) is 21.9. The number of rotatable bonds is 3. The third-order valence-electron chi connectivity index (χ3n) is 3.85. The highest BCUT2D eigenvalue weighted by atomic mass is 32.2. The number of anilines is 1. The van der Waals surface area contributed by atoms with Gasteiger partial charge in [-0.05, 0) is 36.6 Å². The first kappa shape index (κ1) is 21.2. The molecule has 0 spiro atoms. The summed E-state index contributed by atoms with van der Waals surface area (Å²) in [6.45, 7) is 0. The highest BCUT2D eigenvalue weighted by Gasteiger charge is 2.35. The number of carboxylic acid groups (broad SMARTS) is 1. The van der Waals surface area contributed by atoms with Gasteiger partial charge in [-0.3, -0.25) is 0 Å². The summed E-state index contributed by atoms with van der Waals surface area (Å²) in [7, 11) is 0. The van der Waals surface area contributed by atoms with E-state index in [-0.39, 0.29) is 17.1 Å². The highest BCUT2D eigenvalue weighted by Crippen LogP contribution is 2.32. The van der Waals surface area contributed by atoms with Crippen LogP contribution in [-0.4, -0.2) is 31.9 Å². The van der Waals surface area contributed by atoms with Gasteiger partial charge >= 0.3 is 12.1 Å². The molecule has 1 aromatic carbocycles. The van der Waals surface area contributed by atoms with Crippen LogP contribution in [0.25, 0.3) is 17.1 Å². The van der Waals surface area contributed by atoms with Gasteiger partial charge in [-0.2, -0.15) is 18.3 Å². The summed E-state index contributed by atoms with van der Waals surface area (Å²) in [5.41, 5.74) is 4.53. The fourth-order valence-corrected chi connectivity index (χ4v) is 3.02. The largest absolute Gasteiger partial charge is 0.476 e. The predicted molar refractivity (Wildman–Crippen MR) is 105 cm³/mol. The van der Waals surface area contributed by atoms with E-state index in [4.69, 9.17) is 15.3 Å². The van der Waals surface area contributed by atoms with Crippen molar-refractivity contribution >= 4 is 29.1 Å². The van der Waals surface area contributed by atoms with E-state index in [1.54, 1.807) is 11.8 Å². The van der Waals surface area contributed by atoms with Crippen molar-refractivity contribution in [1.82, 2.24) is 14.6 Å². The number of nitrogens with zero attached hydrogens (tertiary/aromatic N) is 3. The standard InChI is InChI=1S/C12H6F3N3O3.C7H9NS/c13-12(14,15)9-4-6(8-2-1-3-21-8)16-10-5-7(11(19)20)17-18(9)10;1-9-7-5-3-2-4-6(7)8/h1-5H,(H,19,20);2-5H,8H2,1H3. The first-order valence-corrected chi connectivity index (χ1v) is 9.57. The molecule has 0 atom stereocenters. The molecule has 11 heteroatoms. The Morgan fingerprint density at radius 3 is 2.47 bits per heavy atom. The van der Waals surface area contributed by atoms with Gasteiger partial charge in [0.2, 0.25) is 0 Å². The Hall–Kier alpha value is -3.47. The molecule has 0 saturated carbocycles. The van der Waals surface area contributed by atoms with E-state index < -0.39 is 23.5 Å². The van der Waals surface area contributed by atoms with E-state index in [0.717, 1.165) is 22.7 Å². The van der Waals surface area contributed by atoms with Crippen LogP contribution in [0.2, 0.25) is 0 Å². The van der Waals surface area contributed by atoms with Crippen molar-refractivity contribution in [2.24, 2.45) is 0 Å². The van der Waals surface area contributed by atoms with E-state index in [1.807, 2.05) is 30.5 Å². The molecule has 30 heavy (non-hydrogen) atoms. The maximum absolute atomic E-state index is 13.1. The van der Waals surface area contributed by atoms with Crippen LogP contribution in [-0.2, 0) is 6.18 Å². The minimum Gasteiger partial charge on any atom is -0.476 e. The average molecular weight is 436 g/mol. The Balaban J connectivity index is 0.000000239. The summed E-state index contributed by atoms with van der Waals surface area (Å²) in [6, 6.07) is 12.5. The number of nitrogen functional groups attached to an aromatic ring is 1. The van der Waals surface area contributed by atoms with Crippen LogP contribution in [0.1, 0.15) is 16.2 Å². The molecular weight excluding hydrogens is 421 g/mol. The second-order valence-electron chi connectivity index (χ2n) is 5.85. The van der Waals surface area contributed by atoms with E-state index in [1.165, 1.54) is 18.4 Å². The number of thioether (sulfide) groups is 1. The molecule has 4 rings (SSSR count). The Kier molecular flexibility index (Phi) is 6.01. The van der Waals surface area contributed by atoms with E-state index in [0.29, 0.717) is 4.52 Å². The third kappa shape index (κ3) is 4.57. The summed E-state index contributed by atoms with van der Waals surface area (Å²) in [5.74, 6) is -1.30. The number of carbonyl (C=O) groups is 1. The monoisotopic (exact) mass is 436 g/mol. The molecule has 3 aromatic heterocycles. The molecule has 0 saturated heterocycles. The molecule has 0 fully saturated rings. The minimum absolute atomic E-state index is 0.0586. The average Bonchev–Trinajstić information content (AvgIpc) is 3.37. The fraction of sp³-hybridized carbons (Fsp3) is 0.105. The van der Waals surface area contributed by atoms with Crippen LogP contribution < -0.4 is 5.73 Å². The number of benzene rings is 1. The lowest BCUT2D eigenvalue weighted by Crippen LogP contribution is -2.14. The van der Waals surface area contributed by atoms with Crippen LogP contribution in [0.4, 0.5) is 18.9 Å². The number of alkyl halides is 3. The van der Waals surface area contributed by atoms with Crippen LogP contribution in [0.5, 0.6) is 0 Å². The Labute approximate surface area is 172 Å². The summed E-state index contributed by atoms with van der Waals surface area (Å²) in [6.07, 6.45) is -1.40. The summed E-state index contributed by atoms with van der Waals surface area (Å²) in [4.78, 5) is 15.9. The van der Waals surface area contributed by atoms with Gasteiger partial charge in [0, 0.05) is 16.6 Å². The molecular formula is C19H15F3N4O3S. The second kappa shape index (κ2) is 8.49. The van der Waals surface area contributed by atoms with Crippen molar-refractivity contribution in [2.45, 2.75) is 11.1 Å². The number of halogens is 3. The molecule has 3 N–H and O–H groups in total. The first-order valence-electron chi connectivity index (χ1n) is 8.34. The summed E-state index contributed by atoms with van der Waals surface area (Å²) >= 11 is 1.67. The molecule has 0 aliphatic heterocycles. The molecule has 0 bridgehead atoms. The normalized spacial score (nSPS) is 11.2. The van der Waals surface area contributed by atoms with Gasteiger partial charge in [0.15, 0.2) is 22.8 Å². The third-order valence-corrected chi connectivity index (χ3v) is 4.66. The van der Waals surface area contributed by atoms with E-state index in [2.05, 4.69) is 10.1 Å². The van der Waals surface area contributed by atoms with Gasteiger partial charge in [0.25, 0.3) is 0 Å². The van der Waals surface area contributed by atoms with Crippen LogP contribution >= 0.6 is 11.8 Å². The molecule has 7 nitrogen and oxygen atoms in total. The number of aromatic carboxylic acids is 1. The number of para-hydroxylation sites is 1. The Morgan fingerprint density at radius 1 is 1.20 bits per heavy atom. The van der Waals surface area contributed by atoms with Crippen molar-refractivity contribution in [3.8, 4) is 11.5 Å². The predicted octanol–water partition coefficient (Wildman–Crippen LogP) is 4.70.